The molecule has 1 unspecified atom stereocenters. The molecule has 1 heterocycles. The van der Waals surface area contributed by atoms with Crippen LogP contribution in [0.2, 0.25) is 0 Å². The van der Waals surface area contributed by atoms with E-state index in [9.17, 15) is 9.90 Å². The van der Waals surface area contributed by atoms with Gasteiger partial charge in [-0.2, -0.15) is 0 Å². The fourth-order valence-corrected chi connectivity index (χ4v) is 4.42. The Balaban J connectivity index is 1.78. The lowest BCUT2D eigenvalue weighted by molar-refractivity contribution is -0.141. The molecule has 5 heteroatoms. The molecule has 5 nitrogen and oxygen atoms in total. The molecular formula is C25H30N2O3. The zero-order chi connectivity index (χ0) is 21.3. The summed E-state index contributed by atoms with van der Waals surface area (Å²) >= 11 is 0. The molecule has 0 bridgehead atoms. The minimum atomic E-state index is -0.802. The molecule has 30 heavy (non-hydrogen) atoms. The van der Waals surface area contributed by atoms with Gasteiger partial charge in [-0.15, -0.1) is 0 Å². The van der Waals surface area contributed by atoms with Crippen LogP contribution in [0.25, 0.3) is 22.0 Å². The molecule has 1 aliphatic carbocycles. The van der Waals surface area contributed by atoms with Crippen LogP contribution in [-0.4, -0.2) is 21.7 Å². The molecule has 3 aromatic rings. The summed E-state index contributed by atoms with van der Waals surface area (Å²) in [4.78, 5) is 11.4. The van der Waals surface area contributed by atoms with Gasteiger partial charge in [-0.25, -0.2) is 0 Å². The number of rotatable bonds is 6. The summed E-state index contributed by atoms with van der Waals surface area (Å²) in [5.74, 6) is -0.550. The second-order valence-electron chi connectivity index (χ2n) is 8.58. The maximum Gasteiger partial charge on any atom is 0.306 e. The Labute approximate surface area is 177 Å². The van der Waals surface area contributed by atoms with Crippen molar-refractivity contribution in [2.24, 2.45) is 13.0 Å². The van der Waals surface area contributed by atoms with Crippen LogP contribution in [0.3, 0.4) is 0 Å². The molecule has 158 valence electrons. The van der Waals surface area contributed by atoms with Crippen molar-refractivity contribution in [1.29, 1.82) is 0 Å². The molecule has 3 N–H and O–H groups in total. The van der Waals surface area contributed by atoms with Crippen molar-refractivity contribution in [2.75, 3.05) is 5.73 Å². The molecule has 2 aromatic carbocycles. The Hall–Kier alpha value is -2.95. The molecule has 4 rings (SSSR count). The first-order chi connectivity index (χ1) is 14.4. The molecule has 0 saturated heterocycles. The predicted molar refractivity (Wildman–Crippen MR) is 121 cm³/mol. The third kappa shape index (κ3) is 4.16. The molecule has 0 spiro atoms. The quantitative estimate of drug-likeness (QED) is 0.537. The molecule has 1 aliphatic rings. The van der Waals surface area contributed by atoms with E-state index >= 15 is 0 Å². The fraction of sp³-hybridized carbons (Fsp3) is 0.400. The Morgan fingerprint density at radius 3 is 2.70 bits per heavy atom. The largest absolute Gasteiger partial charge is 0.488 e. The molecule has 0 radical (unpaired) electrons. The predicted octanol–water partition coefficient (Wildman–Crippen LogP) is 5.40. The third-order valence-corrected chi connectivity index (χ3v) is 6.17. The second kappa shape index (κ2) is 8.42. The van der Waals surface area contributed by atoms with Crippen LogP contribution in [0.15, 0.2) is 42.6 Å². The number of aryl methyl sites for hydroxylation is 1. The zero-order valence-corrected chi connectivity index (χ0v) is 17.7. The second-order valence-corrected chi connectivity index (χ2v) is 8.58. The minimum Gasteiger partial charge on any atom is -0.488 e. The van der Waals surface area contributed by atoms with Crippen molar-refractivity contribution in [2.45, 2.75) is 51.6 Å². The Morgan fingerprint density at radius 1 is 1.20 bits per heavy atom. The lowest BCUT2D eigenvalue weighted by atomic mass is 9.94. The van der Waals surface area contributed by atoms with E-state index in [1.54, 1.807) is 6.92 Å². The van der Waals surface area contributed by atoms with Gasteiger partial charge >= 0.3 is 5.97 Å². The van der Waals surface area contributed by atoms with Crippen molar-refractivity contribution in [3.8, 4) is 16.9 Å². The average molecular weight is 407 g/mol. The highest BCUT2D eigenvalue weighted by atomic mass is 16.5. The summed E-state index contributed by atoms with van der Waals surface area (Å²) in [6, 6.07) is 12.4. The van der Waals surface area contributed by atoms with Gasteiger partial charge in [0.25, 0.3) is 0 Å². The number of nitrogens with zero attached hydrogens (tertiary/aromatic N) is 1. The highest BCUT2D eigenvalue weighted by Gasteiger charge is 2.21. The molecule has 1 fully saturated rings. The molecule has 0 amide bonds. The van der Waals surface area contributed by atoms with Crippen molar-refractivity contribution < 1.29 is 14.6 Å². The van der Waals surface area contributed by atoms with Crippen molar-refractivity contribution in [3.05, 3.63) is 48.2 Å². The molecule has 1 atom stereocenters. The Morgan fingerprint density at radius 2 is 1.97 bits per heavy atom. The van der Waals surface area contributed by atoms with Crippen LogP contribution in [0.5, 0.6) is 5.75 Å². The van der Waals surface area contributed by atoms with E-state index in [1.165, 1.54) is 19.3 Å². The number of aliphatic carboxylic acids is 1. The van der Waals surface area contributed by atoms with Crippen LogP contribution < -0.4 is 10.5 Å². The number of aromatic nitrogens is 1. The lowest BCUT2D eigenvalue weighted by Crippen LogP contribution is -2.21. The zero-order valence-electron chi connectivity index (χ0n) is 17.7. The third-order valence-electron chi connectivity index (χ3n) is 6.17. The smallest absolute Gasteiger partial charge is 0.306 e. The normalized spacial score (nSPS) is 15.9. The number of carbonyl (C=O) groups is 1. The summed E-state index contributed by atoms with van der Waals surface area (Å²) in [5, 5.41) is 10.5. The van der Waals surface area contributed by atoms with Gasteiger partial charge in [-0.05, 0) is 73.6 Å². The van der Waals surface area contributed by atoms with E-state index in [4.69, 9.17) is 10.5 Å². The first-order valence-electron chi connectivity index (χ1n) is 10.8. The van der Waals surface area contributed by atoms with Crippen LogP contribution in [0.4, 0.5) is 5.69 Å². The van der Waals surface area contributed by atoms with E-state index in [-0.39, 0.29) is 6.10 Å². The van der Waals surface area contributed by atoms with Gasteiger partial charge in [0.15, 0.2) is 0 Å². The van der Waals surface area contributed by atoms with E-state index in [2.05, 4.69) is 34.9 Å². The summed E-state index contributed by atoms with van der Waals surface area (Å²) in [7, 11) is 2.03. The monoisotopic (exact) mass is 406 g/mol. The van der Waals surface area contributed by atoms with Crippen molar-refractivity contribution in [1.82, 2.24) is 4.57 Å². The highest BCUT2D eigenvalue weighted by molar-refractivity contribution is 5.88. The van der Waals surface area contributed by atoms with E-state index < -0.39 is 11.9 Å². The lowest BCUT2D eigenvalue weighted by Gasteiger charge is -2.26. The number of hydrogen-bond acceptors (Lipinski definition) is 3. The van der Waals surface area contributed by atoms with Gasteiger partial charge in [0.1, 0.15) is 5.75 Å². The number of carboxylic acids is 1. The van der Waals surface area contributed by atoms with E-state index in [0.717, 1.165) is 46.2 Å². The van der Waals surface area contributed by atoms with Crippen LogP contribution >= 0.6 is 0 Å². The number of nitrogen functional groups attached to an aromatic ring is 1. The standard InChI is InChI=1S/C25H30N2O3/c1-16(25(28)29)12-17-13-21(18-8-9-23-19(15-18)10-11-27(23)2)24(22(26)14-17)30-20-6-4-3-5-7-20/h8-11,13-16,20H,3-7,12,26H2,1-2H3,(H,28,29). The summed E-state index contributed by atoms with van der Waals surface area (Å²) in [5.41, 5.74) is 11.1. The first kappa shape index (κ1) is 20.3. The summed E-state index contributed by atoms with van der Waals surface area (Å²) < 4.78 is 8.54. The van der Waals surface area contributed by atoms with Gasteiger partial charge in [-0.1, -0.05) is 19.4 Å². The topological polar surface area (TPSA) is 77.5 Å². The number of hydrogen-bond donors (Lipinski definition) is 2. The number of anilines is 1. The van der Waals surface area contributed by atoms with Gasteiger partial charge in [0, 0.05) is 29.7 Å². The number of fused-ring (bicyclic) bond motifs is 1. The number of nitrogens with two attached hydrogens (primary N) is 1. The number of benzene rings is 2. The van der Waals surface area contributed by atoms with E-state index in [0.29, 0.717) is 12.1 Å². The van der Waals surface area contributed by atoms with Crippen molar-refractivity contribution in [3.63, 3.8) is 0 Å². The number of carboxylic acid groups (broad SMARTS) is 1. The summed E-state index contributed by atoms with van der Waals surface area (Å²) in [6.07, 6.45) is 8.40. The Bertz CT molecular complexity index is 1060. The SMILES string of the molecule is CC(Cc1cc(N)c(OC2CCCCC2)c(-c2ccc3c(ccn3C)c2)c1)C(=O)O. The van der Waals surface area contributed by atoms with Gasteiger partial charge < -0.3 is 20.1 Å². The minimum absolute atomic E-state index is 0.184. The van der Waals surface area contributed by atoms with Gasteiger partial charge in [-0.3, -0.25) is 4.79 Å². The van der Waals surface area contributed by atoms with Crippen LogP contribution in [-0.2, 0) is 18.3 Å². The molecule has 0 aliphatic heterocycles. The van der Waals surface area contributed by atoms with Gasteiger partial charge in [0.2, 0.25) is 0 Å². The maximum absolute atomic E-state index is 11.4. The number of ether oxygens (including phenoxy) is 1. The molecule has 1 aromatic heterocycles. The molecular weight excluding hydrogens is 376 g/mol. The van der Waals surface area contributed by atoms with Crippen molar-refractivity contribution >= 4 is 22.6 Å². The first-order valence-corrected chi connectivity index (χ1v) is 10.8. The average Bonchev–Trinajstić information content (AvgIpc) is 3.10. The van der Waals surface area contributed by atoms with Gasteiger partial charge in [0.05, 0.1) is 17.7 Å². The maximum atomic E-state index is 11.4. The van der Waals surface area contributed by atoms with Crippen LogP contribution in [0, 0.1) is 5.92 Å². The van der Waals surface area contributed by atoms with E-state index in [1.807, 2.05) is 19.3 Å². The Kier molecular flexibility index (Phi) is 5.71. The molecule has 1 saturated carbocycles. The summed E-state index contributed by atoms with van der Waals surface area (Å²) in [6.45, 7) is 1.72. The fourth-order valence-electron chi connectivity index (χ4n) is 4.42. The highest BCUT2D eigenvalue weighted by Crippen LogP contribution is 2.40. The van der Waals surface area contributed by atoms with Crippen LogP contribution in [0.1, 0.15) is 44.6 Å².